The van der Waals surface area contributed by atoms with Gasteiger partial charge in [-0.05, 0) is 47.9 Å². The molecule has 21 heavy (non-hydrogen) atoms. The van der Waals surface area contributed by atoms with E-state index in [1.807, 2.05) is 18.2 Å². The number of hydrogen-bond acceptors (Lipinski definition) is 2. The van der Waals surface area contributed by atoms with Crippen LogP contribution in [0.3, 0.4) is 0 Å². The van der Waals surface area contributed by atoms with Crippen molar-refractivity contribution in [3.63, 3.8) is 0 Å². The van der Waals surface area contributed by atoms with Crippen LogP contribution in [0.25, 0.3) is 0 Å². The topological polar surface area (TPSA) is 33.1 Å². The average molecular weight is 283 g/mol. The third kappa shape index (κ3) is 4.98. The number of aliphatic hydroxyl groups is 1. The number of aryl methyl sites for hydroxylation is 1. The Morgan fingerprint density at radius 2 is 1.76 bits per heavy atom. The second-order valence-electron chi connectivity index (χ2n) is 6.66. The van der Waals surface area contributed by atoms with E-state index >= 15 is 0 Å². The maximum atomic E-state index is 10.2. The summed E-state index contributed by atoms with van der Waals surface area (Å²) in [4.78, 5) is 4.29. The van der Waals surface area contributed by atoms with Gasteiger partial charge in [0.2, 0.25) is 0 Å². The highest BCUT2D eigenvalue weighted by Gasteiger charge is 2.13. The van der Waals surface area contributed by atoms with Gasteiger partial charge in [0.25, 0.3) is 0 Å². The van der Waals surface area contributed by atoms with Crippen molar-refractivity contribution in [3.05, 3.63) is 65.5 Å². The summed E-state index contributed by atoms with van der Waals surface area (Å²) in [5.74, 6) is 0. The highest BCUT2D eigenvalue weighted by atomic mass is 16.3. The van der Waals surface area contributed by atoms with Gasteiger partial charge in [-0.15, -0.1) is 0 Å². The molecular formula is C19H25NO. The number of aliphatic hydroxyl groups excluding tert-OH is 1. The highest BCUT2D eigenvalue weighted by molar-refractivity contribution is 5.27. The van der Waals surface area contributed by atoms with Crippen LogP contribution in [-0.2, 0) is 18.3 Å². The standard InChI is InChI=1S/C19H25NO/c1-19(2,3)16-9-7-15(8-10-16)14-18(21)12-11-17-6-4-5-13-20-17/h4-10,13,18,21H,11-12,14H2,1-3H3. The Bertz CT molecular complexity index is 540. The van der Waals surface area contributed by atoms with Crippen LogP contribution in [0.1, 0.15) is 44.0 Å². The zero-order chi connectivity index (χ0) is 15.3. The summed E-state index contributed by atoms with van der Waals surface area (Å²) in [6.07, 6.45) is 3.76. The number of nitrogens with zero attached hydrogens (tertiary/aromatic N) is 1. The van der Waals surface area contributed by atoms with Gasteiger partial charge in [-0.3, -0.25) is 4.98 Å². The number of pyridine rings is 1. The van der Waals surface area contributed by atoms with Crippen LogP contribution in [0.2, 0.25) is 0 Å². The van der Waals surface area contributed by atoms with Crippen molar-refractivity contribution in [1.82, 2.24) is 4.98 Å². The quantitative estimate of drug-likeness (QED) is 0.902. The zero-order valence-electron chi connectivity index (χ0n) is 13.2. The highest BCUT2D eigenvalue weighted by Crippen LogP contribution is 2.22. The Kier molecular flexibility index (Phi) is 5.13. The Hall–Kier alpha value is -1.67. The lowest BCUT2D eigenvalue weighted by Crippen LogP contribution is -2.13. The maximum Gasteiger partial charge on any atom is 0.0584 e. The summed E-state index contributed by atoms with van der Waals surface area (Å²) in [5.41, 5.74) is 3.74. The summed E-state index contributed by atoms with van der Waals surface area (Å²) in [6.45, 7) is 6.64. The molecule has 0 aliphatic rings. The minimum Gasteiger partial charge on any atom is -0.393 e. The molecule has 1 N–H and O–H groups in total. The molecule has 0 radical (unpaired) electrons. The van der Waals surface area contributed by atoms with Gasteiger partial charge in [0.05, 0.1) is 6.10 Å². The predicted molar refractivity (Wildman–Crippen MR) is 87.4 cm³/mol. The van der Waals surface area contributed by atoms with E-state index in [0.717, 1.165) is 18.5 Å². The van der Waals surface area contributed by atoms with Crippen LogP contribution in [0.4, 0.5) is 0 Å². The van der Waals surface area contributed by atoms with Gasteiger partial charge < -0.3 is 5.11 Å². The lowest BCUT2D eigenvalue weighted by Gasteiger charge is -2.19. The van der Waals surface area contributed by atoms with Crippen LogP contribution in [0.5, 0.6) is 0 Å². The van der Waals surface area contributed by atoms with E-state index in [1.165, 1.54) is 11.1 Å². The van der Waals surface area contributed by atoms with E-state index in [4.69, 9.17) is 0 Å². The SMILES string of the molecule is CC(C)(C)c1ccc(CC(O)CCc2ccccn2)cc1. The van der Waals surface area contributed by atoms with Crippen LogP contribution in [-0.4, -0.2) is 16.2 Å². The maximum absolute atomic E-state index is 10.2. The molecule has 2 rings (SSSR count). The number of rotatable bonds is 5. The van der Waals surface area contributed by atoms with Crippen LogP contribution in [0.15, 0.2) is 48.7 Å². The molecule has 1 atom stereocenters. The Morgan fingerprint density at radius 1 is 1.05 bits per heavy atom. The lowest BCUT2D eigenvalue weighted by molar-refractivity contribution is 0.165. The number of hydrogen-bond donors (Lipinski definition) is 1. The summed E-state index contributed by atoms with van der Waals surface area (Å²) in [6, 6.07) is 14.5. The van der Waals surface area contributed by atoms with E-state index in [-0.39, 0.29) is 11.5 Å². The Balaban J connectivity index is 1.86. The third-order valence-corrected chi connectivity index (χ3v) is 3.75. The number of benzene rings is 1. The van der Waals surface area contributed by atoms with Crippen LogP contribution < -0.4 is 0 Å². The van der Waals surface area contributed by atoms with E-state index < -0.39 is 0 Å². The average Bonchev–Trinajstić information content (AvgIpc) is 2.46. The molecule has 0 aliphatic heterocycles. The minimum atomic E-state index is -0.313. The molecule has 2 nitrogen and oxygen atoms in total. The van der Waals surface area contributed by atoms with Crippen molar-refractivity contribution in [2.75, 3.05) is 0 Å². The van der Waals surface area contributed by atoms with Gasteiger partial charge in [0.15, 0.2) is 0 Å². The second kappa shape index (κ2) is 6.86. The first kappa shape index (κ1) is 15.7. The molecule has 1 heterocycles. The second-order valence-corrected chi connectivity index (χ2v) is 6.66. The normalized spacial score (nSPS) is 13.1. The first-order valence-corrected chi connectivity index (χ1v) is 7.62. The van der Waals surface area contributed by atoms with Crippen molar-refractivity contribution in [1.29, 1.82) is 0 Å². The van der Waals surface area contributed by atoms with Crippen molar-refractivity contribution >= 4 is 0 Å². The van der Waals surface area contributed by atoms with Crippen molar-refractivity contribution in [2.45, 2.75) is 51.6 Å². The molecule has 0 aliphatic carbocycles. The Morgan fingerprint density at radius 3 is 2.33 bits per heavy atom. The number of aromatic nitrogens is 1. The fourth-order valence-electron chi connectivity index (χ4n) is 2.38. The molecule has 2 heteroatoms. The van der Waals surface area contributed by atoms with Gasteiger partial charge in [0, 0.05) is 11.9 Å². The third-order valence-electron chi connectivity index (χ3n) is 3.75. The molecule has 1 unspecified atom stereocenters. The minimum absolute atomic E-state index is 0.177. The van der Waals surface area contributed by atoms with Gasteiger partial charge in [-0.25, -0.2) is 0 Å². The molecule has 112 valence electrons. The van der Waals surface area contributed by atoms with Gasteiger partial charge in [-0.2, -0.15) is 0 Å². The van der Waals surface area contributed by atoms with Gasteiger partial charge in [0.1, 0.15) is 0 Å². The molecule has 1 aromatic carbocycles. The fraction of sp³-hybridized carbons (Fsp3) is 0.421. The molecule has 0 bridgehead atoms. The first-order valence-electron chi connectivity index (χ1n) is 7.62. The molecule has 0 saturated heterocycles. The lowest BCUT2D eigenvalue weighted by atomic mass is 9.86. The molecule has 2 aromatic rings. The van der Waals surface area contributed by atoms with Crippen molar-refractivity contribution in [3.8, 4) is 0 Å². The van der Waals surface area contributed by atoms with E-state index in [1.54, 1.807) is 6.20 Å². The van der Waals surface area contributed by atoms with E-state index in [0.29, 0.717) is 6.42 Å². The van der Waals surface area contributed by atoms with E-state index in [9.17, 15) is 5.11 Å². The van der Waals surface area contributed by atoms with Gasteiger partial charge in [-0.1, -0.05) is 51.1 Å². The van der Waals surface area contributed by atoms with Crippen molar-refractivity contribution < 1.29 is 5.11 Å². The largest absolute Gasteiger partial charge is 0.393 e. The molecule has 0 fully saturated rings. The molecule has 1 aromatic heterocycles. The van der Waals surface area contributed by atoms with E-state index in [2.05, 4.69) is 50.0 Å². The zero-order valence-corrected chi connectivity index (χ0v) is 13.2. The monoisotopic (exact) mass is 283 g/mol. The molecule has 0 saturated carbocycles. The fourth-order valence-corrected chi connectivity index (χ4v) is 2.38. The van der Waals surface area contributed by atoms with Crippen LogP contribution in [0, 0.1) is 0 Å². The smallest absolute Gasteiger partial charge is 0.0584 e. The molecular weight excluding hydrogens is 258 g/mol. The first-order chi connectivity index (χ1) is 9.95. The van der Waals surface area contributed by atoms with Gasteiger partial charge >= 0.3 is 0 Å². The van der Waals surface area contributed by atoms with Crippen LogP contribution >= 0.6 is 0 Å². The summed E-state index contributed by atoms with van der Waals surface area (Å²) in [5, 5.41) is 10.2. The Labute approximate surface area is 127 Å². The summed E-state index contributed by atoms with van der Waals surface area (Å²) < 4.78 is 0. The van der Waals surface area contributed by atoms with Crippen molar-refractivity contribution in [2.24, 2.45) is 0 Å². The predicted octanol–water partition coefficient (Wildman–Crippen LogP) is 3.92. The molecule has 0 spiro atoms. The molecule has 0 amide bonds. The summed E-state index contributed by atoms with van der Waals surface area (Å²) in [7, 11) is 0. The summed E-state index contributed by atoms with van der Waals surface area (Å²) >= 11 is 0.